The molecule has 1 fully saturated rings. The summed E-state index contributed by atoms with van der Waals surface area (Å²) < 4.78 is 19.4. The lowest BCUT2D eigenvalue weighted by Gasteiger charge is -2.36. The number of benzene rings is 1. The molecule has 0 N–H and O–H groups in total. The molecule has 3 rings (SSSR count). The number of rotatable bonds is 10. The van der Waals surface area contributed by atoms with Crippen LogP contribution >= 0.6 is 0 Å². The fourth-order valence-electron chi connectivity index (χ4n) is 3.53. The topological polar surface area (TPSA) is 46.4 Å². The molecular formula is C20H30FN5O. The fourth-order valence-corrected chi connectivity index (χ4v) is 3.53. The number of alkyl halides is 1. The minimum absolute atomic E-state index is 0.306. The zero-order chi connectivity index (χ0) is 18.9. The number of hydrogen-bond donors (Lipinski definition) is 0. The maximum absolute atomic E-state index is 12.2. The van der Waals surface area contributed by atoms with Gasteiger partial charge < -0.3 is 9.64 Å². The minimum Gasteiger partial charge on any atom is -0.495 e. The summed E-state index contributed by atoms with van der Waals surface area (Å²) in [5, 5.41) is 8.22. The molecule has 1 aromatic heterocycles. The lowest BCUT2D eigenvalue weighted by atomic mass is 10.2. The SMILES string of the molecule is COc1ccccc1N1CCN(CCCCc2cn(CCCF)nn2)CC1. The number of hydrogen-bond acceptors (Lipinski definition) is 5. The Morgan fingerprint density at radius 1 is 1.04 bits per heavy atom. The van der Waals surface area contributed by atoms with E-state index in [2.05, 4.69) is 32.2 Å². The van der Waals surface area contributed by atoms with E-state index < -0.39 is 0 Å². The van der Waals surface area contributed by atoms with Gasteiger partial charge in [0.2, 0.25) is 0 Å². The van der Waals surface area contributed by atoms with Gasteiger partial charge in [-0.1, -0.05) is 17.3 Å². The Hall–Kier alpha value is -2.15. The number of aryl methyl sites for hydroxylation is 2. The largest absolute Gasteiger partial charge is 0.495 e. The van der Waals surface area contributed by atoms with Gasteiger partial charge in [0.1, 0.15) is 5.75 Å². The highest BCUT2D eigenvalue weighted by atomic mass is 19.1. The molecule has 0 saturated carbocycles. The van der Waals surface area contributed by atoms with Gasteiger partial charge in [-0.25, -0.2) is 0 Å². The van der Waals surface area contributed by atoms with Gasteiger partial charge >= 0.3 is 0 Å². The Balaban J connectivity index is 1.34. The second-order valence-electron chi connectivity index (χ2n) is 6.97. The van der Waals surface area contributed by atoms with Gasteiger partial charge in [0.15, 0.2) is 0 Å². The number of aromatic nitrogens is 3. The summed E-state index contributed by atoms with van der Waals surface area (Å²) in [7, 11) is 1.73. The van der Waals surface area contributed by atoms with E-state index in [4.69, 9.17) is 4.74 Å². The van der Waals surface area contributed by atoms with E-state index in [1.54, 1.807) is 11.8 Å². The van der Waals surface area contributed by atoms with Crippen molar-refractivity contribution in [2.75, 3.05) is 51.4 Å². The molecule has 1 aromatic carbocycles. The summed E-state index contributed by atoms with van der Waals surface area (Å²) in [6.07, 6.45) is 5.66. The number of methoxy groups -OCH3 is 1. The predicted molar refractivity (Wildman–Crippen MR) is 105 cm³/mol. The number of unbranched alkanes of at least 4 members (excludes halogenated alkanes) is 1. The minimum atomic E-state index is -0.306. The first-order valence-corrected chi connectivity index (χ1v) is 9.85. The first-order valence-electron chi connectivity index (χ1n) is 9.85. The molecule has 7 heteroatoms. The van der Waals surface area contributed by atoms with Crippen LogP contribution in [0.2, 0.25) is 0 Å². The van der Waals surface area contributed by atoms with Gasteiger partial charge in [0.05, 0.1) is 25.2 Å². The number of anilines is 1. The summed E-state index contributed by atoms with van der Waals surface area (Å²) in [6, 6.07) is 8.24. The van der Waals surface area contributed by atoms with Gasteiger partial charge in [-0.3, -0.25) is 14.0 Å². The molecule has 0 bridgehead atoms. The molecule has 1 saturated heterocycles. The second-order valence-corrected chi connectivity index (χ2v) is 6.97. The molecule has 27 heavy (non-hydrogen) atoms. The van der Waals surface area contributed by atoms with E-state index in [1.807, 2.05) is 18.3 Å². The Kier molecular flexibility index (Phi) is 7.45. The molecule has 2 heterocycles. The third-order valence-electron chi connectivity index (χ3n) is 5.06. The zero-order valence-corrected chi connectivity index (χ0v) is 16.2. The summed E-state index contributed by atoms with van der Waals surface area (Å²) in [5.74, 6) is 0.950. The lowest BCUT2D eigenvalue weighted by molar-refractivity contribution is 0.252. The number of nitrogens with zero attached hydrogens (tertiary/aromatic N) is 5. The Morgan fingerprint density at radius 2 is 1.85 bits per heavy atom. The van der Waals surface area contributed by atoms with E-state index in [-0.39, 0.29) is 6.67 Å². The van der Waals surface area contributed by atoms with Crippen molar-refractivity contribution < 1.29 is 9.13 Å². The maximum atomic E-state index is 12.2. The molecule has 2 aromatic rings. The highest BCUT2D eigenvalue weighted by molar-refractivity contribution is 5.58. The van der Waals surface area contributed by atoms with E-state index in [1.165, 1.54) is 5.69 Å². The Bertz CT molecular complexity index is 685. The predicted octanol–water partition coefficient (Wildman–Crippen LogP) is 2.79. The standard InChI is InChI=1S/C20H30FN5O/c1-27-20-9-3-2-8-19(20)25-15-13-24(14-16-25)11-5-4-7-18-17-26(23-22-18)12-6-10-21/h2-3,8-9,17H,4-7,10-16H2,1H3. The summed E-state index contributed by atoms with van der Waals surface area (Å²) >= 11 is 0. The molecule has 0 radical (unpaired) electrons. The number of halogens is 1. The van der Waals surface area contributed by atoms with Crippen LogP contribution < -0.4 is 9.64 Å². The van der Waals surface area contributed by atoms with Crippen molar-refractivity contribution >= 4 is 5.69 Å². The van der Waals surface area contributed by atoms with Crippen LogP contribution in [0.3, 0.4) is 0 Å². The van der Waals surface area contributed by atoms with Crippen LogP contribution in [0.15, 0.2) is 30.5 Å². The van der Waals surface area contributed by atoms with Crippen molar-refractivity contribution in [3.05, 3.63) is 36.2 Å². The molecule has 0 atom stereocenters. The van der Waals surface area contributed by atoms with Crippen molar-refractivity contribution in [2.45, 2.75) is 32.2 Å². The molecule has 148 valence electrons. The summed E-state index contributed by atoms with van der Waals surface area (Å²) in [6.45, 7) is 5.65. The maximum Gasteiger partial charge on any atom is 0.142 e. The molecule has 1 aliphatic heterocycles. The van der Waals surface area contributed by atoms with Crippen LogP contribution in [0.1, 0.15) is 25.0 Å². The van der Waals surface area contributed by atoms with Crippen LogP contribution in [0.5, 0.6) is 5.75 Å². The van der Waals surface area contributed by atoms with E-state index >= 15 is 0 Å². The Morgan fingerprint density at radius 3 is 2.63 bits per heavy atom. The third kappa shape index (κ3) is 5.66. The monoisotopic (exact) mass is 375 g/mol. The van der Waals surface area contributed by atoms with Crippen molar-refractivity contribution in [1.29, 1.82) is 0 Å². The highest BCUT2D eigenvalue weighted by Crippen LogP contribution is 2.28. The molecule has 0 spiro atoms. The van der Waals surface area contributed by atoms with Crippen LogP contribution in [-0.4, -0.2) is 66.4 Å². The molecule has 1 aliphatic rings. The van der Waals surface area contributed by atoms with Gasteiger partial charge in [-0.05, 0) is 44.4 Å². The molecule has 0 amide bonds. The molecular weight excluding hydrogens is 345 g/mol. The Labute approximate surface area is 160 Å². The van der Waals surface area contributed by atoms with E-state index in [9.17, 15) is 4.39 Å². The van der Waals surface area contributed by atoms with Crippen molar-refractivity contribution in [3.63, 3.8) is 0 Å². The second kappa shape index (κ2) is 10.3. The third-order valence-corrected chi connectivity index (χ3v) is 5.06. The van der Waals surface area contributed by atoms with Crippen LogP contribution in [0.4, 0.5) is 10.1 Å². The van der Waals surface area contributed by atoms with E-state index in [0.29, 0.717) is 13.0 Å². The normalized spacial score (nSPS) is 15.3. The molecule has 0 aliphatic carbocycles. The summed E-state index contributed by atoms with van der Waals surface area (Å²) in [5.41, 5.74) is 2.20. The molecule has 0 unspecified atom stereocenters. The lowest BCUT2D eigenvalue weighted by Crippen LogP contribution is -2.46. The zero-order valence-electron chi connectivity index (χ0n) is 16.2. The average Bonchev–Trinajstić information content (AvgIpc) is 3.18. The van der Waals surface area contributed by atoms with Crippen molar-refractivity contribution in [3.8, 4) is 5.75 Å². The van der Waals surface area contributed by atoms with Crippen LogP contribution in [0, 0.1) is 0 Å². The highest BCUT2D eigenvalue weighted by Gasteiger charge is 2.19. The first-order chi connectivity index (χ1) is 13.3. The van der Waals surface area contributed by atoms with Gasteiger partial charge in [0.25, 0.3) is 0 Å². The first kappa shape index (κ1) is 19.6. The van der Waals surface area contributed by atoms with E-state index in [0.717, 1.165) is 63.4 Å². The quantitative estimate of drug-likeness (QED) is 0.598. The van der Waals surface area contributed by atoms with Gasteiger partial charge in [0, 0.05) is 38.9 Å². The van der Waals surface area contributed by atoms with Crippen LogP contribution in [0.25, 0.3) is 0 Å². The van der Waals surface area contributed by atoms with Gasteiger partial charge in [-0.15, -0.1) is 5.10 Å². The number of para-hydroxylation sites is 2. The molecule has 6 nitrogen and oxygen atoms in total. The van der Waals surface area contributed by atoms with Gasteiger partial charge in [-0.2, -0.15) is 0 Å². The number of piperazine rings is 1. The van der Waals surface area contributed by atoms with Crippen molar-refractivity contribution in [1.82, 2.24) is 19.9 Å². The van der Waals surface area contributed by atoms with Crippen molar-refractivity contribution in [2.24, 2.45) is 0 Å². The number of ether oxygens (including phenoxy) is 1. The fraction of sp³-hybridized carbons (Fsp3) is 0.600. The smallest absolute Gasteiger partial charge is 0.142 e. The average molecular weight is 375 g/mol. The van der Waals surface area contributed by atoms with Crippen LogP contribution in [-0.2, 0) is 13.0 Å². The summed E-state index contributed by atoms with van der Waals surface area (Å²) in [4.78, 5) is 4.94.